The van der Waals surface area contributed by atoms with E-state index in [1.54, 1.807) is 18.2 Å². The fraction of sp³-hybridized carbons (Fsp3) is 0.278. The highest BCUT2D eigenvalue weighted by molar-refractivity contribution is 9.10. The van der Waals surface area contributed by atoms with Gasteiger partial charge in [0.05, 0.1) is 0 Å². The van der Waals surface area contributed by atoms with Crippen LogP contribution in [-0.4, -0.2) is 12.5 Å². The number of hydrogen-bond donors (Lipinski definition) is 1. The summed E-state index contributed by atoms with van der Waals surface area (Å²) in [5, 5.41) is 3.64. The van der Waals surface area contributed by atoms with E-state index in [4.69, 9.17) is 27.9 Å². The smallest absolute Gasteiger partial charge is 0.262 e. The average molecular weight is 431 g/mol. The van der Waals surface area contributed by atoms with E-state index in [9.17, 15) is 4.79 Å². The van der Waals surface area contributed by atoms with Crippen LogP contribution < -0.4 is 10.1 Å². The summed E-state index contributed by atoms with van der Waals surface area (Å²) < 4.78 is 6.68. The molecule has 0 bridgehead atoms. The Morgan fingerprint density at radius 3 is 2.33 bits per heavy atom. The van der Waals surface area contributed by atoms with Crippen LogP contribution in [0.4, 0.5) is 5.69 Å². The molecule has 0 fully saturated rings. The van der Waals surface area contributed by atoms with E-state index in [1.165, 1.54) is 0 Å². The van der Waals surface area contributed by atoms with Crippen molar-refractivity contribution >= 4 is 50.7 Å². The lowest BCUT2D eigenvalue weighted by atomic mass is 9.86. The molecule has 2 rings (SSSR count). The van der Waals surface area contributed by atoms with E-state index in [1.807, 2.05) is 18.2 Å². The highest BCUT2D eigenvalue weighted by Crippen LogP contribution is 2.33. The molecule has 0 saturated carbocycles. The van der Waals surface area contributed by atoms with Gasteiger partial charge in [0.15, 0.2) is 6.61 Å². The summed E-state index contributed by atoms with van der Waals surface area (Å²) in [6.45, 7) is 6.18. The number of carbonyl (C=O) groups is 1. The molecule has 128 valence electrons. The molecule has 3 nitrogen and oxygen atoms in total. The summed E-state index contributed by atoms with van der Waals surface area (Å²) in [6, 6.07) is 10.6. The fourth-order valence-corrected chi connectivity index (χ4v) is 3.07. The molecule has 0 saturated heterocycles. The van der Waals surface area contributed by atoms with Crippen LogP contribution in [0.3, 0.4) is 0 Å². The van der Waals surface area contributed by atoms with E-state index < -0.39 is 0 Å². The van der Waals surface area contributed by atoms with E-state index in [-0.39, 0.29) is 17.9 Å². The largest absolute Gasteiger partial charge is 0.483 e. The first-order valence-electron chi connectivity index (χ1n) is 7.34. The second-order valence-corrected chi connectivity index (χ2v) is 8.17. The summed E-state index contributed by atoms with van der Waals surface area (Å²) in [6.07, 6.45) is 0. The summed E-state index contributed by atoms with van der Waals surface area (Å²) in [5.41, 5.74) is 1.46. The van der Waals surface area contributed by atoms with Gasteiger partial charge < -0.3 is 10.1 Å². The standard InChI is InChI=1S/C18H18BrCl2NO2/c1-18(2,3)15-6-11(19)4-5-16(15)24-10-17(23)22-14-8-12(20)7-13(21)9-14/h4-9H,10H2,1-3H3,(H,22,23). The molecule has 0 unspecified atom stereocenters. The van der Waals surface area contributed by atoms with Crippen LogP contribution >= 0.6 is 39.1 Å². The maximum Gasteiger partial charge on any atom is 0.262 e. The predicted molar refractivity (Wildman–Crippen MR) is 103 cm³/mol. The molecular formula is C18H18BrCl2NO2. The molecule has 0 aromatic heterocycles. The van der Waals surface area contributed by atoms with Crippen LogP contribution in [0.15, 0.2) is 40.9 Å². The molecule has 1 N–H and O–H groups in total. The predicted octanol–water partition coefficient (Wildman–Crippen LogP) is 6.07. The van der Waals surface area contributed by atoms with Gasteiger partial charge in [-0.1, -0.05) is 59.9 Å². The lowest BCUT2D eigenvalue weighted by Gasteiger charge is -2.23. The third-order valence-corrected chi connectivity index (χ3v) is 4.18. The van der Waals surface area contributed by atoms with Crippen molar-refractivity contribution in [1.82, 2.24) is 0 Å². The Morgan fingerprint density at radius 2 is 1.75 bits per heavy atom. The molecule has 1 amide bonds. The molecule has 2 aromatic rings. The van der Waals surface area contributed by atoms with Crippen molar-refractivity contribution in [3.8, 4) is 5.75 Å². The van der Waals surface area contributed by atoms with Crippen molar-refractivity contribution in [3.63, 3.8) is 0 Å². The van der Waals surface area contributed by atoms with Gasteiger partial charge in [0.25, 0.3) is 5.91 Å². The first-order valence-corrected chi connectivity index (χ1v) is 8.89. The van der Waals surface area contributed by atoms with Gasteiger partial charge in [0, 0.05) is 25.8 Å². The number of rotatable bonds is 4. The minimum Gasteiger partial charge on any atom is -0.483 e. The van der Waals surface area contributed by atoms with Crippen LogP contribution in [0.2, 0.25) is 10.0 Å². The highest BCUT2D eigenvalue weighted by Gasteiger charge is 2.20. The van der Waals surface area contributed by atoms with Gasteiger partial charge in [0.2, 0.25) is 0 Å². The molecule has 6 heteroatoms. The van der Waals surface area contributed by atoms with Crippen molar-refractivity contribution in [2.75, 3.05) is 11.9 Å². The van der Waals surface area contributed by atoms with Gasteiger partial charge in [0.1, 0.15) is 5.75 Å². The number of carbonyl (C=O) groups excluding carboxylic acids is 1. The summed E-state index contributed by atoms with van der Waals surface area (Å²) in [7, 11) is 0. The Kier molecular flexibility index (Phi) is 6.18. The van der Waals surface area contributed by atoms with Crippen LogP contribution in [-0.2, 0) is 10.2 Å². The lowest BCUT2D eigenvalue weighted by Crippen LogP contribution is -2.22. The van der Waals surface area contributed by atoms with Crippen molar-refractivity contribution in [1.29, 1.82) is 0 Å². The normalized spacial score (nSPS) is 11.2. The summed E-state index contributed by atoms with van der Waals surface area (Å²) in [4.78, 5) is 12.1. The molecule has 0 heterocycles. The van der Waals surface area contributed by atoms with Gasteiger partial charge >= 0.3 is 0 Å². The molecule has 2 aromatic carbocycles. The van der Waals surface area contributed by atoms with Crippen LogP contribution in [0.1, 0.15) is 26.3 Å². The Morgan fingerprint density at radius 1 is 1.12 bits per heavy atom. The minimum absolute atomic E-state index is 0.101. The Labute approximate surface area is 160 Å². The first-order chi connectivity index (χ1) is 11.1. The molecule has 0 spiro atoms. The first kappa shape index (κ1) is 19.1. The zero-order chi connectivity index (χ0) is 17.9. The van der Waals surface area contributed by atoms with Crippen molar-refractivity contribution in [3.05, 3.63) is 56.5 Å². The van der Waals surface area contributed by atoms with Gasteiger partial charge in [-0.3, -0.25) is 4.79 Å². The van der Waals surface area contributed by atoms with E-state index in [0.717, 1.165) is 10.0 Å². The van der Waals surface area contributed by atoms with Gasteiger partial charge in [-0.2, -0.15) is 0 Å². The van der Waals surface area contributed by atoms with Crippen LogP contribution in [0.25, 0.3) is 0 Å². The number of halogens is 3. The molecule has 0 atom stereocenters. The minimum atomic E-state index is -0.281. The molecule has 0 aliphatic heterocycles. The number of ether oxygens (including phenoxy) is 1. The summed E-state index contributed by atoms with van der Waals surface area (Å²) in [5.74, 6) is 0.404. The summed E-state index contributed by atoms with van der Waals surface area (Å²) >= 11 is 15.3. The fourth-order valence-electron chi connectivity index (χ4n) is 2.18. The van der Waals surface area contributed by atoms with E-state index >= 15 is 0 Å². The zero-order valence-corrected chi connectivity index (χ0v) is 16.7. The second kappa shape index (κ2) is 7.77. The maximum atomic E-state index is 12.1. The molecule has 0 radical (unpaired) electrons. The number of amides is 1. The monoisotopic (exact) mass is 429 g/mol. The Bertz CT molecular complexity index is 737. The Balaban J connectivity index is 2.07. The number of anilines is 1. The second-order valence-electron chi connectivity index (χ2n) is 6.39. The van der Waals surface area contributed by atoms with E-state index in [0.29, 0.717) is 21.5 Å². The number of hydrogen-bond acceptors (Lipinski definition) is 2. The topological polar surface area (TPSA) is 38.3 Å². The van der Waals surface area contributed by atoms with Gasteiger partial charge in [-0.05, 0) is 41.8 Å². The van der Waals surface area contributed by atoms with E-state index in [2.05, 4.69) is 42.0 Å². The highest BCUT2D eigenvalue weighted by atomic mass is 79.9. The number of benzene rings is 2. The number of nitrogens with one attached hydrogen (secondary N) is 1. The van der Waals surface area contributed by atoms with Crippen LogP contribution in [0, 0.1) is 0 Å². The SMILES string of the molecule is CC(C)(C)c1cc(Br)ccc1OCC(=O)Nc1cc(Cl)cc(Cl)c1. The molecule has 0 aliphatic carbocycles. The van der Waals surface area contributed by atoms with Crippen LogP contribution in [0.5, 0.6) is 5.75 Å². The van der Waals surface area contributed by atoms with Gasteiger partial charge in [-0.25, -0.2) is 0 Å². The third-order valence-electron chi connectivity index (χ3n) is 3.25. The van der Waals surface area contributed by atoms with Crippen molar-refractivity contribution in [2.45, 2.75) is 26.2 Å². The molecule has 24 heavy (non-hydrogen) atoms. The molecular weight excluding hydrogens is 413 g/mol. The zero-order valence-electron chi connectivity index (χ0n) is 13.6. The van der Waals surface area contributed by atoms with Gasteiger partial charge in [-0.15, -0.1) is 0 Å². The third kappa shape index (κ3) is 5.40. The quantitative estimate of drug-likeness (QED) is 0.638. The lowest BCUT2D eigenvalue weighted by molar-refractivity contribution is -0.118. The van der Waals surface area contributed by atoms with Crippen molar-refractivity contribution < 1.29 is 9.53 Å². The maximum absolute atomic E-state index is 12.1. The van der Waals surface area contributed by atoms with Crippen molar-refractivity contribution in [2.24, 2.45) is 0 Å². The average Bonchev–Trinajstić information content (AvgIpc) is 2.43. The molecule has 0 aliphatic rings. The Hall–Kier alpha value is -1.23.